The van der Waals surface area contributed by atoms with Gasteiger partial charge in [-0.2, -0.15) is 5.26 Å². The molecule has 0 saturated heterocycles. The van der Waals surface area contributed by atoms with Crippen molar-refractivity contribution in [3.8, 4) is 73.5 Å². The van der Waals surface area contributed by atoms with Crippen LogP contribution < -0.4 is 26.0 Å². The molecule has 86 heavy (non-hydrogen) atoms. The van der Waals surface area contributed by atoms with Gasteiger partial charge in [0.1, 0.15) is 11.3 Å². The van der Waals surface area contributed by atoms with E-state index in [2.05, 4.69) is 287 Å². The first-order chi connectivity index (χ1) is 42.6. The number of nitriles is 1. The predicted octanol–water partition coefficient (Wildman–Crippen LogP) is 18.7. The third kappa shape index (κ3) is 7.02. The fraction of sp³-hybridized carbons (Fsp3) is 0. The van der Waals surface area contributed by atoms with Crippen LogP contribution in [0.4, 0.5) is 17.1 Å². The van der Waals surface area contributed by atoms with Gasteiger partial charge < -0.3 is 23.2 Å². The highest BCUT2D eigenvalue weighted by Gasteiger charge is 2.46. The number of furan rings is 1. The molecule has 6 nitrogen and oxygen atoms in total. The minimum absolute atomic E-state index is 0.395. The van der Waals surface area contributed by atoms with Crippen molar-refractivity contribution in [3.63, 3.8) is 0 Å². The zero-order valence-corrected chi connectivity index (χ0v) is 46.3. The monoisotopic (exact) mass is 1090 g/mol. The molecule has 2 aliphatic rings. The molecule has 3 aromatic heterocycles. The van der Waals surface area contributed by atoms with Crippen molar-refractivity contribution in [2.24, 2.45) is 0 Å². The Balaban J connectivity index is 1.04. The van der Waals surface area contributed by atoms with Crippen LogP contribution in [-0.2, 0) is 0 Å². The van der Waals surface area contributed by atoms with Gasteiger partial charge in [0.25, 0.3) is 6.71 Å². The van der Waals surface area contributed by atoms with E-state index in [1.807, 2.05) is 18.2 Å². The van der Waals surface area contributed by atoms with Gasteiger partial charge in [0.15, 0.2) is 11.3 Å². The normalized spacial score (nSPS) is 12.5. The SMILES string of the molecule is N#Cc1ccc2c(c1)c1ccccc1n2-c1cc2c(c3oc4ccccc4c13)Oc1cc(-c3ccccc3)cc3c1B2c1cc(-c2ccccc2)c(-n2c4ccccc4c4ccccc42)cc1N3c1c(-c2ccccc2)cccc1-c1ccccc1. The highest BCUT2D eigenvalue weighted by Crippen LogP contribution is 2.53. The van der Waals surface area contributed by atoms with Crippen LogP contribution in [0.3, 0.4) is 0 Å². The molecular weight excluding hydrogens is 1050 g/mol. The van der Waals surface area contributed by atoms with Crippen LogP contribution in [0, 0.1) is 11.3 Å². The molecule has 2 aliphatic heterocycles. The van der Waals surface area contributed by atoms with Crippen LogP contribution in [0.5, 0.6) is 11.5 Å². The first kappa shape index (κ1) is 48.0. The Morgan fingerprint density at radius 1 is 0.360 bits per heavy atom. The van der Waals surface area contributed by atoms with Crippen LogP contribution in [0.1, 0.15) is 5.56 Å². The topological polar surface area (TPSA) is 59.3 Å². The maximum absolute atomic E-state index is 10.3. The minimum atomic E-state index is -0.395. The van der Waals surface area contributed by atoms with Crippen molar-refractivity contribution in [3.05, 3.63) is 291 Å². The van der Waals surface area contributed by atoms with E-state index in [-0.39, 0.29) is 0 Å². The summed E-state index contributed by atoms with van der Waals surface area (Å²) in [6.45, 7) is -0.395. The Morgan fingerprint density at radius 3 is 1.50 bits per heavy atom. The molecule has 0 N–H and O–H groups in total. The van der Waals surface area contributed by atoms with Crippen molar-refractivity contribution < 1.29 is 9.15 Å². The average Bonchev–Trinajstić information content (AvgIpc) is 1.16. The van der Waals surface area contributed by atoms with Crippen LogP contribution in [0.2, 0.25) is 0 Å². The summed E-state index contributed by atoms with van der Waals surface area (Å²) in [5, 5.41) is 16.7. The van der Waals surface area contributed by atoms with E-state index < -0.39 is 6.71 Å². The van der Waals surface area contributed by atoms with Gasteiger partial charge in [-0.05, 0) is 111 Å². The summed E-state index contributed by atoms with van der Waals surface area (Å²) >= 11 is 0. The van der Waals surface area contributed by atoms with Crippen molar-refractivity contribution in [1.82, 2.24) is 9.13 Å². The highest BCUT2D eigenvalue weighted by atomic mass is 16.5. The van der Waals surface area contributed by atoms with E-state index in [1.165, 1.54) is 10.8 Å². The molecule has 0 spiro atoms. The lowest BCUT2D eigenvalue weighted by Crippen LogP contribution is -2.59. The summed E-state index contributed by atoms with van der Waals surface area (Å²) in [4.78, 5) is 2.57. The second-order valence-electron chi connectivity index (χ2n) is 22.6. The van der Waals surface area contributed by atoms with Crippen LogP contribution in [-0.4, -0.2) is 15.8 Å². The Kier molecular flexibility index (Phi) is 10.4. The molecule has 0 fully saturated rings. The lowest BCUT2D eigenvalue weighted by atomic mass is 9.34. The summed E-state index contributed by atoms with van der Waals surface area (Å²) in [7, 11) is 0. The molecule has 0 amide bonds. The third-order valence-corrected chi connectivity index (χ3v) is 18.0. The number of ether oxygens (including phenoxy) is 1. The predicted molar refractivity (Wildman–Crippen MR) is 355 cm³/mol. The Bertz CT molecular complexity index is 5410. The van der Waals surface area contributed by atoms with E-state index in [0.717, 1.165) is 144 Å². The van der Waals surface area contributed by atoms with Gasteiger partial charge in [-0.1, -0.05) is 218 Å². The van der Waals surface area contributed by atoms with Crippen molar-refractivity contribution in [1.29, 1.82) is 5.26 Å². The van der Waals surface area contributed by atoms with Crippen molar-refractivity contribution in [2.75, 3.05) is 4.90 Å². The van der Waals surface area contributed by atoms with Gasteiger partial charge >= 0.3 is 0 Å². The number of rotatable bonds is 7. The molecule has 7 heteroatoms. The number of anilines is 3. The van der Waals surface area contributed by atoms with Gasteiger partial charge in [0, 0.05) is 55.0 Å². The summed E-state index contributed by atoms with van der Waals surface area (Å²) in [5.41, 5.74) is 23.3. The summed E-state index contributed by atoms with van der Waals surface area (Å²) in [6.07, 6.45) is 0. The smallest absolute Gasteiger partial charge is 0.256 e. The average molecular weight is 1100 g/mol. The molecule has 0 radical (unpaired) electrons. The number of nitrogens with zero attached hydrogens (tertiary/aromatic N) is 4. The lowest BCUT2D eigenvalue weighted by Gasteiger charge is -2.42. The van der Waals surface area contributed by atoms with E-state index in [0.29, 0.717) is 16.9 Å². The molecule has 0 saturated carbocycles. The van der Waals surface area contributed by atoms with Gasteiger partial charge in [0.05, 0.1) is 56.1 Å². The number of aromatic nitrogens is 2. The molecule has 0 unspecified atom stereocenters. The third-order valence-electron chi connectivity index (χ3n) is 18.0. The second-order valence-corrected chi connectivity index (χ2v) is 22.6. The highest BCUT2D eigenvalue weighted by molar-refractivity contribution is 6.99. The zero-order valence-electron chi connectivity index (χ0n) is 46.3. The fourth-order valence-corrected chi connectivity index (χ4v) is 14.3. The Labute approximate surface area is 495 Å². The molecule has 18 rings (SSSR count). The number of para-hydroxylation sites is 5. The van der Waals surface area contributed by atoms with Gasteiger partial charge in [-0.25, -0.2) is 0 Å². The first-order valence-corrected chi connectivity index (χ1v) is 29.2. The summed E-state index contributed by atoms with van der Waals surface area (Å²) < 4.78 is 19.9. The number of hydrogen-bond acceptors (Lipinski definition) is 4. The minimum Gasteiger partial charge on any atom is -0.454 e. The zero-order chi connectivity index (χ0) is 56.6. The number of hydrogen-bond donors (Lipinski definition) is 0. The maximum atomic E-state index is 10.3. The standard InChI is InChI=1S/C79H47BN4O2/c81-48-49-40-41-68-62(42-49)59-32-15-19-38-67(59)83(68)71-46-64-78(79-75(71)60-33-16-20-39-73(60)85-79)86-74-44-54(50-22-5-1-6-23-50)43-72-76(74)80(64)63-45-61(53-28-11-4-12-29-53)69(82-65-36-17-13-30-57(65)58-31-14-18-37-66(58)82)47-70(63)84(72)77-55(51-24-7-2-8-25-51)34-21-35-56(77)52-26-9-3-10-27-52/h1-47H. The number of fused-ring (bicyclic) bond motifs is 14. The van der Waals surface area contributed by atoms with E-state index in [4.69, 9.17) is 9.15 Å². The van der Waals surface area contributed by atoms with Crippen LogP contribution in [0.15, 0.2) is 290 Å². The fourth-order valence-electron chi connectivity index (χ4n) is 14.3. The lowest BCUT2D eigenvalue weighted by molar-refractivity contribution is 0.481. The molecule has 0 bridgehead atoms. The Morgan fingerprint density at radius 2 is 0.884 bits per heavy atom. The van der Waals surface area contributed by atoms with Crippen molar-refractivity contribution >= 4 is 106 Å². The van der Waals surface area contributed by atoms with Gasteiger partial charge in [-0.15, -0.1) is 0 Å². The van der Waals surface area contributed by atoms with Crippen LogP contribution >= 0.6 is 0 Å². The molecular formula is C79H47BN4O2. The van der Waals surface area contributed by atoms with E-state index >= 15 is 0 Å². The Hall–Kier alpha value is -11.6. The number of benzene rings is 13. The molecule has 0 aliphatic carbocycles. The molecule has 0 atom stereocenters. The van der Waals surface area contributed by atoms with E-state index in [9.17, 15) is 5.26 Å². The maximum Gasteiger partial charge on any atom is 0.256 e. The largest absolute Gasteiger partial charge is 0.454 e. The molecule has 5 heterocycles. The second kappa shape index (κ2) is 18.7. The van der Waals surface area contributed by atoms with Gasteiger partial charge in [-0.3, -0.25) is 0 Å². The van der Waals surface area contributed by atoms with E-state index in [1.54, 1.807) is 0 Å². The molecule has 16 aromatic rings. The van der Waals surface area contributed by atoms with Crippen molar-refractivity contribution in [2.45, 2.75) is 0 Å². The first-order valence-electron chi connectivity index (χ1n) is 29.2. The summed E-state index contributed by atoms with van der Waals surface area (Å²) in [5.74, 6) is 1.44. The van der Waals surface area contributed by atoms with Gasteiger partial charge in [0.2, 0.25) is 0 Å². The van der Waals surface area contributed by atoms with Crippen LogP contribution in [0.25, 0.3) is 121 Å². The quantitative estimate of drug-likeness (QED) is 0.149. The molecule has 13 aromatic carbocycles. The summed E-state index contributed by atoms with van der Waals surface area (Å²) in [6, 6.07) is 105. The molecule has 398 valence electrons.